The number of pyridine rings is 1. The summed E-state index contributed by atoms with van der Waals surface area (Å²) in [6, 6.07) is 6.07. The summed E-state index contributed by atoms with van der Waals surface area (Å²) in [6.07, 6.45) is 3.74. The predicted molar refractivity (Wildman–Crippen MR) is 113 cm³/mol. The third-order valence-corrected chi connectivity index (χ3v) is 6.57. The summed E-state index contributed by atoms with van der Waals surface area (Å²) >= 11 is 1.35. The first-order valence-corrected chi connectivity index (χ1v) is 10.2. The number of nitrogens with zero attached hydrogens (tertiary/aromatic N) is 4. The minimum atomic E-state index is -0.170. The summed E-state index contributed by atoms with van der Waals surface area (Å²) in [7, 11) is 1.61. The normalized spacial score (nSPS) is 19.8. The first kappa shape index (κ1) is 18.6. The molecule has 1 amide bonds. The molecule has 0 bridgehead atoms. The number of hydrogen-bond donors (Lipinski definition) is 2. The zero-order chi connectivity index (χ0) is 19.9. The van der Waals surface area contributed by atoms with Gasteiger partial charge in [-0.2, -0.15) is 0 Å². The number of carbonyl (C=O) groups is 1. The lowest BCUT2D eigenvalue weighted by molar-refractivity contribution is 0.0968. The van der Waals surface area contributed by atoms with Crippen molar-refractivity contribution in [2.75, 3.05) is 30.8 Å². The molecule has 3 aromatic heterocycles. The van der Waals surface area contributed by atoms with E-state index in [9.17, 15) is 4.79 Å². The Morgan fingerprint density at radius 1 is 1.36 bits per heavy atom. The maximum absolute atomic E-state index is 12.1. The zero-order valence-electron chi connectivity index (χ0n) is 16.3. The van der Waals surface area contributed by atoms with Crippen LogP contribution in [0.3, 0.4) is 0 Å². The van der Waals surface area contributed by atoms with Crippen LogP contribution < -0.4 is 16.0 Å². The average Bonchev–Trinajstić information content (AvgIpc) is 3.03. The van der Waals surface area contributed by atoms with E-state index in [1.807, 2.05) is 25.1 Å². The summed E-state index contributed by atoms with van der Waals surface area (Å²) in [5.41, 5.74) is 8.57. The maximum Gasteiger partial charge on any atom is 0.263 e. The molecule has 7 nitrogen and oxygen atoms in total. The molecule has 4 rings (SSSR count). The Labute approximate surface area is 168 Å². The second kappa shape index (κ2) is 7.01. The van der Waals surface area contributed by atoms with Crippen LogP contribution >= 0.6 is 11.3 Å². The van der Waals surface area contributed by atoms with Crippen LogP contribution in [-0.2, 0) is 5.41 Å². The summed E-state index contributed by atoms with van der Waals surface area (Å²) in [4.78, 5) is 29.3. The Kier molecular flexibility index (Phi) is 4.66. The fraction of sp³-hybridized carbons (Fsp3) is 0.400. The largest absolute Gasteiger partial charge is 0.397 e. The Hall–Kier alpha value is -2.74. The summed E-state index contributed by atoms with van der Waals surface area (Å²) in [6.45, 7) is 6.04. The molecule has 0 unspecified atom stereocenters. The highest BCUT2D eigenvalue weighted by Gasteiger charge is 2.35. The van der Waals surface area contributed by atoms with Crippen molar-refractivity contribution in [3.8, 4) is 0 Å². The highest BCUT2D eigenvalue weighted by Crippen LogP contribution is 2.38. The van der Waals surface area contributed by atoms with Crippen molar-refractivity contribution < 1.29 is 4.79 Å². The SMILES string of the molecule is CNC(=O)c1sc2nc([C@]3(C)CCCN(c4cc(C)ncn4)C3)ccc2c1N. The number of thiophene rings is 1. The molecule has 3 N–H and O–H groups in total. The van der Waals surface area contributed by atoms with Gasteiger partial charge in [0.05, 0.1) is 5.69 Å². The van der Waals surface area contributed by atoms with Gasteiger partial charge >= 0.3 is 0 Å². The monoisotopic (exact) mass is 396 g/mol. The van der Waals surface area contributed by atoms with Gasteiger partial charge in [-0.15, -0.1) is 11.3 Å². The van der Waals surface area contributed by atoms with Gasteiger partial charge in [0, 0.05) is 48.4 Å². The van der Waals surface area contributed by atoms with E-state index in [-0.39, 0.29) is 11.3 Å². The number of nitrogen functional groups attached to an aromatic ring is 1. The Morgan fingerprint density at radius 3 is 2.93 bits per heavy atom. The van der Waals surface area contributed by atoms with E-state index < -0.39 is 0 Å². The molecule has 8 heteroatoms. The topological polar surface area (TPSA) is 97.0 Å². The van der Waals surface area contributed by atoms with Gasteiger partial charge in [-0.25, -0.2) is 15.0 Å². The maximum atomic E-state index is 12.1. The standard InChI is InChI=1S/C20H24N6OS/c1-12-9-15(24-11-23-12)26-8-4-7-20(2,10-26)14-6-5-13-16(21)17(18(27)22-3)28-19(13)25-14/h5-6,9,11H,4,7-8,10,21H2,1-3H3,(H,22,27)/t20-/m1/s1. The average molecular weight is 397 g/mol. The van der Waals surface area contributed by atoms with Gasteiger partial charge in [-0.3, -0.25) is 4.79 Å². The lowest BCUT2D eigenvalue weighted by Crippen LogP contribution is -2.45. The first-order chi connectivity index (χ1) is 13.4. The van der Waals surface area contributed by atoms with Gasteiger partial charge in [0.15, 0.2) is 0 Å². The second-order valence-corrected chi connectivity index (χ2v) is 8.58. The number of anilines is 2. The van der Waals surface area contributed by atoms with Crippen LogP contribution in [0.2, 0.25) is 0 Å². The van der Waals surface area contributed by atoms with E-state index in [1.165, 1.54) is 11.3 Å². The van der Waals surface area contributed by atoms with Crippen LogP contribution in [0.5, 0.6) is 0 Å². The van der Waals surface area contributed by atoms with Gasteiger partial charge in [0.25, 0.3) is 5.91 Å². The van der Waals surface area contributed by atoms with Gasteiger partial charge in [0.1, 0.15) is 21.9 Å². The van der Waals surface area contributed by atoms with Crippen LogP contribution in [0.4, 0.5) is 11.5 Å². The van der Waals surface area contributed by atoms with Gasteiger partial charge in [0.2, 0.25) is 0 Å². The van der Waals surface area contributed by atoms with Crippen LogP contribution in [0.15, 0.2) is 24.5 Å². The number of carbonyl (C=O) groups excluding carboxylic acids is 1. The summed E-state index contributed by atoms with van der Waals surface area (Å²) in [5, 5.41) is 3.48. The van der Waals surface area contributed by atoms with Crippen molar-refractivity contribution in [3.63, 3.8) is 0 Å². The molecule has 1 fully saturated rings. The van der Waals surface area contributed by atoms with Gasteiger partial charge in [-0.05, 0) is 31.9 Å². The summed E-state index contributed by atoms with van der Waals surface area (Å²) < 4.78 is 0. The van der Waals surface area contributed by atoms with Crippen molar-refractivity contribution in [2.24, 2.45) is 0 Å². The van der Waals surface area contributed by atoms with Gasteiger partial charge < -0.3 is 16.0 Å². The molecule has 0 aliphatic carbocycles. The third kappa shape index (κ3) is 3.17. The van der Waals surface area contributed by atoms with Crippen molar-refractivity contribution in [1.29, 1.82) is 0 Å². The number of aromatic nitrogens is 3. The van der Waals surface area contributed by atoms with Crippen LogP contribution in [-0.4, -0.2) is 41.0 Å². The minimum Gasteiger partial charge on any atom is -0.397 e. The summed E-state index contributed by atoms with van der Waals surface area (Å²) in [5.74, 6) is 0.790. The van der Waals surface area contributed by atoms with E-state index in [0.29, 0.717) is 10.6 Å². The highest BCUT2D eigenvalue weighted by atomic mass is 32.1. The van der Waals surface area contributed by atoms with Crippen molar-refractivity contribution in [3.05, 3.63) is 40.8 Å². The number of hydrogen-bond acceptors (Lipinski definition) is 7. The second-order valence-electron chi connectivity index (χ2n) is 7.58. The van der Waals surface area contributed by atoms with E-state index in [4.69, 9.17) is 10.7 Å². The molecule has 146 valence electrons. The number of amides is 1. The number of nitrogens with one attached hydrogen (secondary N) is 1. The molecule has 0 aromatic carbocycles. The Morgan fingerprint density at radius 2 is 2.18 bits per heavy atom. The lowest BCUT2D eigenvalue weighted by atomic mass is 9.78. The molecule has 0 radical (unpaired) electrons. The number of nitrogens with two attached hydrogens (primary N) is 1. The zero-order valence-corrected chi connectivity index (χ0v) is 17.1. The molecule has 4 heterocycles. The molecule has 1 atom stereocenters. The Balaban J connectivity index is 1.68. The number of rotatable bonds is 3. The smallest absolute Gasteiger partial charge is 0.263 e. The van der Waals surface area contributed by atoms with E-state index in [1.54, 1.807) is 13.4 Å². The van der Waals surface area contributed by atoms with Crippen molar-refractivity contribution in [2.45, 2.75) is 32.1 Å². The molecule has 1 aliphatic rings. The molecule has 3 aromatic rings. The lowest BCUT2D eigenvalue weighted by Gasteiger charge is -2.40. The van der Waals surface area contributed by atoms with Crippen LogP contribution in [0, 0.1) is 6.92 Å². The van der Waals surface area contributed by atoms with Gasteiger partial charge in [-0.1, -0.05) is 6.92 Å². The van der Waals surface area contributed by atoms with Crippen molar-refractivity contribution >= 4 is 39.0 Å². The Bertz CT molecular complexity index is 1050. The molecule has 0 saturated carbocycles. The van der Waals surface area contributed by atoms with Crippen LogP contribution in [0.25, 0.3) is 10.2 Å². The molecule has 28 heavy (non-hydrogen) atoms. The number of aryl methyl sites for hydroxylation is 1. The fourth-order valence-electron chi connectivity index (χ4n) is 3.87. The molecule has 1 aliphatic heterocycles. The minimum absolute atomic E-state index is 0.1000. The molecular formula is C20H24N6OS. The number of fused-ring (bicyclic) bond motifs is 1. The highest BCUT2D eigenvalue weighted by molar-refractivity contribution is 7.21. The van der Waals surface area contributed by atoms with E-state index in [2.05, 4.69) is 27.1 Å². The van der Waals surface area contributed by atoms with E-state index in [0.717, 1.165) is 53.4 Å². The molecule has 1 saturated heterocycles. The third-order valence-electron chi connectivity index (χ3n) is 5.46. The van der Waals surface area contributed by atoms with E-state index >= 15 is 0 Å². The molecule has 0 spiro atoms. The predicted octanol–water partition coefficient (Wildman–Crippen LogP) is 2.89. The van der Waals surface area contributed by atoms with Crippen molar-refractivity contribution in [1.82, 2.24) is 20.3 Å². The molecular weight excluding hydrogens is 372 g/mol. The quantitative estimate of drug-likeness (QED) is 0.707. The fourth-order valence-corrected chi connectivity index (χ4v) is 4.91. The van der Waals surface area contributed by atoms with Crippen LogP contribution in [0.1, 0.15) is 40.8 Å². The first-order valence-electron chi connectivity index (χ1n) is 9.36. The number of piperidine rings is 1.